The van der Waals surface area contributed by atoms with Crippen molar-refractivity contribution in [2.45, 2.75) is 36.1 Å². The first-order valence-electron chi connectivity index (χ1n) is 11.7. The Hall–Kier alpha value is -3.64. The van der Waals surface area contributed by atoms with Gasteiger partial charge in [0.2, 0.25) is 0 Å². The summed E-state index contributed by atoms with van der Waals surface area (Å²) in [6, 6.07) is 19.3. The summed E-state index contributed by atoms with van der Waals surface area (Å²) >= 11 is 1.74. The van der Waals surface area contributed by atoms with E-state index in [-0.39, 0.29) is 28.0 Å². The normalized spacial score (nSPS) is 21.4. The SMILES string of the molecule is CSc1cccc(N2c3ccc(/C=C4\C(=O)c5ccc(C(=O)O)cc5C4=O)cc3C3CCCC32)c1. The minimum Gasteiger partial charge on any atom is -0.478 e. The number of nitrogens with zero attached hydrogens (tertiary/aromatic N) is 1. The van der Waals surface area contributed by atoms with Crippen LogP contribution in [0.5, 0.6) is 0 Å². The molecule has 1 fully saturated rings. The average Bonchev–Trinajstić information content (AvgIpc) is 3.52. The monoisotopic (exact) mass is 481 g/mol. The van der Waals surface area contributed by atoms with Crippen molar-refractivity contribution in [3.63, 3.8) is 0 Å². The molecule has 0 aromatic heterocycles. The van der Waals surface area contributed by atoms with Crippen molar-refractivity contribution >= 4 is 46.7 Å². The van der Waals surface area contributed by atoms with Crippen LogP contribution >= 0.6 is 11.8 Å². The zero-order valence-corrected chi connectivity index (χ0v) is 20.0. The fraction of sp³-hybridized carbons (Fsp3) is 0.207. The molecule has 2 atom stereocenters. The summed E-state index contributed by atoms with van der Waals surface area (Å²) in [7, 11) is 0. The van der Waals surface area contributed by atoms with Crippen LogP contribution in [0.25, 0.3) is 6.08 Å². The summed E-state index contributed by atoms with van der Waals surface area (Å²) in [4.78, 5) is 41.0. The van der Waals surface area contributed by atoms with Crippen molar-refractivity contribution in [1.82, 2.24) is 0 Å². The third-order valence-corrected chi connectivity index (χ3v) is 8.13. The molecular formula is C29H23NO4S. The zero-order chi connectivity index (χ0) is 24.3. The number of carboxylic acid groups (broad SMARTS) is 1. The highest BCUT2D eigenvalue weighted by Crippen LogP contribution is 2.52. The molecule has 1 saturated carbocycles. The molecule has 3 aromatic carbocycles. The first-order chi connectivity index (χ1) is 17.0. The summed E-state index contributed by atoms with van der Waals surface area (Å²) in [6.45, 7) is 0. The van der Waals surface area contributed by atoms with E-state index in [1.165, 1.54) is 46.5 Å². The lowest BCUT2D eigenvalue weighted by atomic mass is 9.95. The van der Waals surface area contributed by atoms with Crippen LogP contribution in [0.2, 0.25) is 0 Å². The quantitative estimate of drug-likeness (QED) is 0.266. The van der Waals surface area contributed by atoms with Gasteiger partial charge in [-0.3, -0.25) is 9.59 Å². The van der Waals surface area contributed by atoms with Gasteiger partial charge in [-0.25, -0.2) is 4.79 Å². The van der Waals surface area contributed by atoms with E-state index in [0.717, 1.165) is 18.4 Å². The molecule has 0 spiro atoms. The van der Waals surface area contributed by atoms with Crippen molar-refractivity contribution in [3.8, 4) is 0 Å². The van der Waals surface area contributed by atoms with Gasteiger partial charge in [0, 0.05) is 39.4 Å². The molecule has 3 aliphatic rings. The van der Waals surface area contributed by atoms with Crippen molar-refractivity contribution in [1.29, 1.82) is 0 Å². The number of fused-ring (bicyclic) bond motifs is 4. The first kappa shape index (κ1) is 21.9. The minimum absolute atomic E-state index is 0.00147. The second-order valence-corrected chi connectivity index (χ2v) is 10.2. The predicted octanol–water partition coefficient (Wildman–Crippen LogP) is 6.36. The summed E-state index contributed by atoms with van der Waals surface area (Å²) < 4.78 is 0. The molecule has 1 heterocycles. The van der Waals surface area contributed by atoms with Gasteiger partial charge in [0.05, 0.1) is 11.1 Å². The molecule has 0 radical (unpaired) electrons. The molecule has 6 rings (SSSR count). The Labute approximate surface area is 207 Å². The summed E-state index contributed by atoms with van der Waals surface area (Å²) in [6.07, 6.45) is 7.18. The van der Waals surface area contributed by atoms with Gasteiger partial charge in [-0.05, 0) is 84.8 Å². The van der Waals surface area contributed by atoms with Crippen LogP contribution < -0.4 is 4.90 Å². The van der Waals surface area contributed by atoms with E-state index in [4.69, 9.17) is 0 Å². The van der Waals surface area contributed by atoms with Gasteiger partial charge in [-0.15, -0.1) is 11.8 Å². The van der Waals surface area contributed by atoms with Crippen LogP contribution in [0.3, 0.4) is 0 Å². The number of allylic oxidation sites excluding steroid dienone is 1. The van der Waals surface area contributed by atoms with Crippen molar-refractivity contribution in [2.75, 3.05) is 11.2 Å². The van der Waals surface area contributed by atoms with E-state index in [1.54, 1.807) is 17.8 Å². The lowest BCUT2D eigenvalue weighted by Crippen LogP contribution is -2.26. The maximum Gasteiger partial charge on any atom is 0.335 e. The van der Waals surface area contributed by atoms with E-state index in [0.29, 0.717) is 12.0 Å². The second-order valence-electron chi connectivity index (χ2n) is 9.28. The molecule has 0 saturated heterocycles. The number of anilines is 2. The van der Waals surface area contributed by atoms with E-state index in [1.807, 2.05) is 6.07 Å². The number of carbonyl (C=O) groups excluding carboxylic acids is 2. The summed E-state index contributed by atoms with van der Waals surface area (Å²) in [5, 5.41) is 9.25. The number of rotatable bonds is 4. The van der Waals surface area contributed by atoms with Crippen LogP contribution in [0.4, 0.5) is 11.4 Å². The first-order valence-corrected chi connectivity index (χ1v) is 12.9. The van der Waals surface area contributed by atoms with Gasteiger partial charge in [0.25, 0.3) is 0 Å². The Morgan fingerprint density at radius 1 is 1.00 bits per heavy atom. The zero-order valence-electron chi connectivity index (χ0n) is 19.2. The number of thioether (sulfide) groups is 1. The predicted molar refractivity (Wildman–Crippen MR) is 137 cm³/mol. The van der Waals surface area contributed by atoms with Crippen molar-refractivity contribution < 1.29 is 19.5 Å². The Morgan fingerprint density at radius 3 is 2.63 bits per heavy atom. The van der Waals surface area contributed by atoms with E-state index in [9.17, 15) is 19.5 Å². The molecule has 3 aromatic rings. The topological polar surface area (TPSA) is 74.7 Å². The largest absolute Gasteiger partial charge is 0.478 e. The van der Waals surface area contributed by atoms with Gasteiger partial charge in [-0.2, -0.15) is 0 Å². The van der Waals surface area contributed by atoms with Gasteiger partial charge >= 0.3 is 5.97 Å². The second kappa shape index (κ2) is 8.24. The van der Waals surface area contributed by atoms with E-state index in [2.05, 4.69) is 47.6 Å². The van der Waals surface area contributed by atoms with Crippen molar-refractivity contribution in [2.24, 2.45) is 0 Å². The Kier molecular flexibility index (Phi) is 5.15. The molecule has 35 heavy (non-hydrogen) atoms. The van der Waals surface area contributed by atoms with Crippen LogP contribution in [0.1, 0.15) is 67.4 Å². The molecule has 0 bridgehead atoms. The summed E-state index contributed by atoms with van der Waals surface area (Å²) in [5.74, 6) is -1.46. The molecule has 5 nitrogen and oxygen atoms in total. The highest BCUT2D eigenvalue weighted by Gasteiger charge is 2.42. The average molecular weight is 482 g/mol. The molecule has 1 N–H and O–H groups in total. The van der Waals surface area contributed by atoms with Crippen LogP contribution in [-0.2, 0) is 0 Å². The van der Waals surface area contributed by atoms with Crippen LogP contribution in [0, 0.1) is 0 Å². The van der Waals surface area contributed by atoms with Gasteiger partial charge in [-0.1, -0.05) is 18.6 Å². The smallest absolute Gasteiger partial charge is 0.335 e. The van der Waals surface area contributed by atoms with Crippen LogP contribution in [0.15, 0.2) is 71.1 Å². The molecule has 2 unspecified atom stereocenters. The van der Waals surface area contributed by atoms with Gasteiger partial charge in [0.1, 0.15) is 0 Å². The van der Waals surface area contributed by atoms with E-state index < -0.39 is 11.8 Å². The van der Waals surface area contributed by atoms with Gasteiger partial charge in [0.15, 0.2) is 11.6 Å². The summed E-state index contributed by atoms with van der Waals surface area (Å²) in [5.41, 5.74) is 5.00. The molecule has 0 amide bonds. The standard InChI is InChI=1S/C29H23NO4S/c1-35-19-5-2-4-18(15-19)30-25-7-3-6-20(25)22-12-16(8-11-26(22)30)13-24-27(31)21-10-9-17(29(33)34)14-23(21)28(24)32/h2,4-5,8-15,20,25H,3,6-7H2,1H3,(H,33,34)/b24-13+. The highest BCUT2D eigenvalue weighted by atomic mass is 32.2. The molecule has 174 valence electrons. The fourth-order valence-electron chi connectivity index (χ4n) is 5.82. The number of benzene rings is 3. The van der Waals surface area contributed by atoms with Crippen LogP contribution in [-0.4, -0.2) is 34.9 Å². The molecule has 6 heteroatoms. The number of carboxylic acids is 1. The fourth-order valence-corrected chi connectivity index (χ4v) is 6.27. The number of hydrogen-bond acceptors (Lipinski definition) is 5. The Morgan fingerprint density at radius 2 is 1.83 bits per heavy atom. The Bertz CT molecular complexity index is 1460. The maximum atomic E-state index is 13.0. The lowest BCUT2D eigenvalue weighted by molar-refractivity contribution is 0.0696. The maximum absolute atomic E-state index is 13.0. The minimum atomic E-state index is -1.12. The number of carbonyl (C=O) groups is 3. The number of ketones is 2. The third kappa shape index (κ3) is 3.43. The molecular weight excluding hydrogens is 458 g/mol. The van der Waals surface area contributed by atoms with Gasteiger partial charge < -0.3 is 10.0 Å². The molecule has 1 aliphatic heterocycles. The Balaban J connectivity index is 1.39. The third-order valence-electron chi connectivity index (χ3n) is 7.41. The number of hydrogen-bond donors (Lipinski definition) is 1. The molecule has 2 aliphatic carbocycles. The highest BCUT2D eigenvalue weighted by molar-refractivity contribution is 7.98. The van der Waals surface area contributed by atoms with Crippen molar-refractivity contribution in [3.05, 3.63) is 94.1 Å². The lowest BCUT2D eigenvalue weighted by Gasteiger charge is -2.27. The number of Topliss-reactive ketones (excluding diaryl/α,β-unsaturated/α-hetero) is 2. The number of aromatic carboxylic acids is 1. The van der Waals surface area contributed by atoms with E-state index >= 15 is 0 Å².